The summed E-state index contributed by atoms with van der Waals surface area (Å²) in [5.41, 5.74) is 0. The summed E-state index contributed by atoms with van der Waals surface area (Å²) in [4.78, 5) is 12.3. The second-order valence-corrected chi connectivity index (χ2v) is 12.0. The second kappa shape index (κ2) is 27.9. The molecule has 0 spiro atoms. The van der Waals surface area contributed by atoms with Gasteiger partial charge in [-0.1, -0.05) is 102 Å². The van der Waals surface area contributed by atoms with Crippen molar-refractivity contribution in [2.45, 2.75) is 166 Å². The lowest BCUT2D eigenvalue weighted by Gasteiger charge is -2.39. The first kappa shape index (κ1) is 40.7. The lowest BCUT2D eigenvalue weighted by Crippen LogP contribution is -2.59. The van der Waals surface area contributed by atoms with Gasteiger partial charge in [0.25, 0.3) is 0 Å². The van der Waals surface area contributed by atoms with Gasteiger partial charge in [-0.25, -0.2) is 0 Å². The quantitative estimate of drug-likeness (QED) is 0.0474. The SMILES string of the molecule is CCCCC/C=C\C/C=C\CCCCCCCCCCOCC(COC1OC(CO)C(O)C(O)C1O)OC(=O)CCCCC. The Hall–Kier alpha value is -1.33. The van der Waals surface area contributed by atoms with E-state index in [-0.39, 0.29) is 19.2 Å². The van der Waals surface area contributed by atoms with Crippen LogP contribution in [-0.4, -0.2) is 89.6 Å². The molecule has 258 valence electrons. The second-order valence-electron chi connectivity index (χ2n) is 12.0. The predicted molar refractivity (Wildman–Crippen MR) is 173 cm³/mol. The molecule has 0 aliphatic carbocycles. The highest BCUT2D eigenvalue weighted by Gasteiger charge is 2.44. The standard InChI is InChI=1S/C35H64O9/c1-3-5-7-8-9-10-11-12-13-14-15-16-17-18-19-20-21-23-25-41-27-29(43-31(37)24-22-6-4-2)28-42-35-34(40)33(39)32(38)30(26-36)44-35/h9-10,12-13,29-30,32-36,38-40H,3-8,11,14-28H2,1-2H3/b10-9-,13-12-. The summed E-state index contributed by atoms with van der Waals surface area (Å²) in [6.07, 6.45) is 21.4. The van der Waals surface area contributed by atoms with Gasteiger partial charge in [0, 0.05) is 13.0 Å². The minimum Gasteiger partial charge on any atom is -0.457 e. The van der Waals surface area contributed by atoms with Gasteiger partial charge in [-0.05, 0) is 44.9 Å². The molecule has 6 unspecified atom stereocenters. The number of rotatable bonds is 28. The fourth-order valence-electron chi connectivity index (χ4n) is 5.05. The van der Waals surface area contributed by atoms with Crippen molar-refractivity contribution in [1.82, 2.24) is 0 Å². The third-order valence-corrected chi connectivity index (χ3v) is 7.87. The van der Waals surface area contributed by atoms with Crippen LogP contribution in [0, 0.1) is 0 Å². The van der Waals surface area contributed by atoms with E-state index in [4.69, 9.17) is 18.9 Å². The molecule has 1 heterocycles. The normalized spacial score (nSPS) is 23.1. The van der Waals surface area contributed by atoms with Crippen LogP contribution in [0.3, 0.4) is 0 Å². The van der Waals surface area contributed by atoms with Gasteiger partial charge in [-0.3, -0.25) is 4.79 Å². The Morgan fingerprint density at radius 1 is 0.727 bits per heavy atom. The molecule has 0 aromatic rings. The molecule has 9 heteroatoms. The van der Waals surface area contributed by atoms with Crippen molar-refractivity contribution in [2.75, 3.05) is 26.4 Å². The first-order chi connectivity index (χ1) is 21.4. The first-order valence-corrected chi connectivity index (χ1v) is 17.4. The Morgan fingerprint density at radius 2 is 1.32 bits per heavy atom. The van der Waals surface area contributed by atoms with E-state index < -0.39 is 43.4 Å². The Morgan fingerprint density at radius 3 is 1.95 bits per heavy atom. The van der Waals surface area contributed by atoms with Crippen molar-refractivity contribution in [1.29, 1.82) is 0 Å². The zero-order valence-electron chi connectivity index (χ0n) is 27.7. The molecule has 44 heavy (non-hydrogen) atoms. The van der Waals surface area contributed by atoms with E-state index in [2.05, 4.69) is 38.2 Å². The molecule has 0 aromatic carbocycles. The Kier molecular flexibility index (Phi) is 25.8. The highest BCUT2D eigenvalue weighted by atomic mass is 16.7. The predicted octanol–water partition coefficient (Wildman–Crippen LogP) is 5.91. The molecule has 1 saturated heterocycles. The first-order valence-electron chi connectivity index (χ1n) is 17.4. The topological polar surface area (TPSA) is 135 Å². The van der Waals surface area contributed by atoms with E-state index in [0.717, 1.165) is 38.5 Å². The molecule has 4 N–H and O–H groups in total. The molecule has 0 radical (unpaired) electrons. The maximum absolute atomic E-state index is 12.3. The van der Waals surface area contributed by atoms with Crippen molar-refractivity contribution in [3.63, 3.8) is 0 Å². The number of unbranched alkanes of at least 4 members (excludes halogenated alkanes) is 13. The largest absolute Gasteiger partial charge is 0.457 e. The third kappa shape index (κ3) is 19.9. The van der Waals surface area contributed by atoms with Crippen LogP contribution in [0.5, 0.6) is 0 Å². The lowest BCUT2D eigenvalue weighted by molar-refractivity contribution is -0.305. The van der Waals surface area contributed by atoms with E-state index in [1.165, 1.54) is 70.6 Å². The van der Waals surface area contributed by atoms with Gasteiger partial charge in [0.1, 0.15) is 30.5 Å². The number of aliphatic hydroxyl groups is 4. The van der Waals surface area contributed by atoms with Crippen molar-refractivity contribution in [3.05, 3.63) is 24.3 Å². The molecule has 0 bridgehead atoms. The smallest absolute Gasteiger partial charge is 0.306 e. The summed E-state index contributed by atoms with van der Waals surface area (Å²) in [6, 6.07) is 0. The van der Waals surface area contributed by atoms with Crippen LogP contribution >= 0.6 is 0 Å². The molecule has 1 aliphatic rings. The molecular weight excluding hydrogens is 564 g/mol. The maximum Gasteiger partial charge on any atom is 0.306 e. The summed E-state index contributed by atoms with van der Waals surface area (Å²) in [7, 11) is 0. The number of hydrogen-bond acceptors (Lipinski definition) is 9. The monoisotopic (exact) mass is 628 g/mol. The summed E-state index contributed by atoms with van der Waals surface area (Å²) >= 11 is 0. The van der Waals surface area contributed by atoms with E-state index in [9.17, 15) is 25.2 Å². The van der Waals surface area contributed by atoms with E-state index in [1.54, 1.807) is 0 Å². The zero-order valence-corrected chi connectivity index (χ0v) is 27.7. The highest BCUT2D eigenvalue weighted by molar-refractivity contribution is 5.69. The molecule has 6 atom stereocenters. The molecule has 1 aliphatic heterocycles. The number of carbonyl (C=O) groups is 1. The summed E-state index contributed by atoms with van der Waals surface area (Å²) < 4.78 is 22.4. The average Bonchev–Trinajstić information content (AvgIpc) is 3.02. The van der Waals surface area contributed by atoms with E-state index in [1.807, 2.05) is 0 Å². The molecular formula is C35H64O9. The van der Waals surface area contributed by atoms with Crippen LogP contribution in [0.2, 0.25) is 0 Å². The highest BCUT2D eigenvalue weighted by Crippen LogP contribution is 2.22. The number of carbonyl (C=O) groups excluding carboxylic acids is 1. The van der Waals surface area contributed by atoms with Gasteiger partial charge >= 0.3 is 5.97 Å². The molecule has 0 aromatic heterocycles. The van der Waals surface area contributed by atoms with Crippen LogP contribution in [0.15, 0.2) is 24.3 Å². The van der Waals surface area contributed by atoms with Crippen LogP contribution in [0.1, 0.15) is 129 Å². The van der Waals surface area contributed by atoms with Gasteiger partial charge in [-0.15, -0.1) is 0 Å². The van der Waals surface area contributed by atoms with Crippen molar-refractivity contribution in [3.8, 4) is 0 Å². The van der Waals surface area contributed by atoms with Gasteiger partial charge in [0.15, 0.2) is 6.29 Å². The van der Waals surface area contributed by atoms with E-state index >= 15 is 0 Å². The third-order valence-electron chi connectivity index (χ3n) is 7.87. The average molecular weight is 629 g/mol. The molecule has 1 fully saturated rings. The lowest BCUT2D eigenvalue weighted by atomic mass is 9.99. The number of aliphatic hydroxyl groups excluding tert-OH is 4. The van der Waals surface area contributed by atoms with Gasteiger partial charge in [0.05, 0.1) is 19.8 Å². The Balaban J connectivity index is 2.19. The van der Waals surface area contributed by atoms with Gasteiger partial charge in [0.2, 0.25) is 0 Å². The van der Waals surface area contributed by atoms with Crippen molar-refractivity contribution >= 4 is 5.97 Å². The van der Waals surface area contributed by atoms with Crippen molar-refractivity contribution in [2.24, 2.45) is 0 Å². The molecule has 0 amide bonds. The Bertz CT molecular complexity index is 727. The molecule has 9 nitrogen and oxygen atoms in total. The molecule has 0 saturated carbocycles. The van der Waals surface area contributed by atoms with Crippen molar-refractivity contribution < 1.29 is 44.2 Å². The number of allylic oxidation sites excluding steroid dienone is 4. The molecule has 1 rings (SSSR count). The number of ether oxygens (including phenoxy) is 4. The zero-order chi connectivity index (χ0) is 32.3. The minimum atomic E-state index is -1.53. The van der Waals surface area contributed by atoms with Crippen LogP contribution < -0.4 is 0 Å². The number of hydrogen-bond donors (Lipinski definition) is 4. The van der Waals surface area contributed by atoms with Crippen LogP contribution in [0.25, 0.3) is 0 Å². The van der Waals surface area contributed by atoms with Crippen LogP contribution in [0.4, 0.5) is 0 Å². The van der Waals surface area contributed by atoms with E-state index in [0.29, 0.717) is 13.0 Å². The maximum atomic E-state index is 12.3. The summed E-state index contributed by atoms with van der Waals surface area (Å²) in [5, 5.41) is 39.6. The minimum absolute atomic E-state index is 0.117. The van der Waals surface area contributed by atoms with Crippen LogP contribution in [-0.2, 0) is 23.7 Å². The summed E-state index contributed by atoms with van der Waals surface area (Å²) in [5.74, 6) is -0.342. The number of esters is 1. The fourth-order valence-corrected chi connectivity index (χ4v) is 5.05. The summed E-state index contributed by atoms with van der Waals surface area (Å²) in [6.45, 7) is 4.33. The van der Waals surface area contributed by atoms with Gasteiger partial charge in [-0.2, -0.15) is 0 Å². The fraction of sp³-hybridized carbons (Fsp3) is 0.857. The van der Waals surface area contributed by atoms with Gasteiger partial charge < -0.3 is 39.4 Å². The Labute approximate surface area is 267 Å².